The Morgan fingerprint density at radius 1 is 1.19 bits per heavy atom. The topological polar surface area (TPSA) is 67.2 Å². The van der Waals surface area contributed by atoms with Gasteiger partial charge in [0.15, 0.2) is 0 Å². The molecular weight excluding hydrogens is 340 g/mol. The SMILES string of the molecule is CC(=O)N1CCCn2nc(CNC(=O)C3(c4ccc(C)cc4)CC3)cc2C1. The Balaban J connectivity index is 1.42. The second-order valence-electron chi connectivity index (χ2n) is 7.78. The van der Waals surface area contributed by atoms with Gasteiger partial charge in [-0.25, -0.2) is 0 Å². The van der Waals surface area contributed by atoms with Crippen molar-refractivity contribution in [3.63, 3.8) is 0 Å². The van der Waals surface area contributed by atoms with Crippen LogP contribution in [-0.2, 0) is 34.6 Å². The third-order valence-corrected chi connectivity index (χ3v) is 5.73. The molecule has 6 heteroatoms. The van der Waals surface area contributed by atoms with E-state index in [0.717, 1.165) is 49.3 Å². The zero-order valence-corrected chi connectivity index (χ0v) is 16.0. The van der Waals surface area contributed by atoms with Gasteiger partial charge in [0.05, 0.1) is 29.9 Å². The van der Waals surface area contributed by atoms with Gasteiger partial charge in [0, 0.05) is 20.0 Å². The predicted molar refractivity (Wildman–Crippen MR) is 102 cm³/mol. The number of aryl methyl sites for hydroxylation is 2. The molecular formula is C21H26N4O2. The van der Waals surface area contributed by atoms with E-state index in [1.807, 2.05) is 15.6 Å². The van der Waals surface area contributed by atoms with Crippen LogP contribution < -0.4 is 5.32 Å². The van der Waals surface area contributed by atoms with Crippen molar-refractivity contribution in [2.24, 2.45) is 0 Å². The van der Waals surface area contributed by atoms with Crippen molar-refractivity contribution in [3.8, 4) is 0 Å². The summed E-state index contributed by atoms with van der Waals surface area (Å²) in [4.78, 5) is 26.4. The van der Waals surface area contributed by atoms with Gasteiger partial charge in [0.25, 0.3) is 0 Å². The minimum absolute atomic E-state index is 0.0832. The number of carbonyl (C=O) groups is 2. The van der Waals surface area contributed by atoms with E-state index in [-0.39, 0.29) is 17.2 Å². The number of aromatic nitrogens is 2. The first-order valence-electron chi connectivity index (χ1n) is 9.64. The van der Waals surface area contributed by atoms with E-state index in [9.17, 15) is 9.59 Å². The van der Waals surface area contributed by atoms with Gasteiger partial charge in [-0.3, -0.25) is 14.3 Å². The van der Waals surface area contributed by atoms with Crippen molar-refractivity contribution >= 4 is 11.8 Å². The molecule has 1 aromatic carbocycles. The van der Waals surface area contributed by atoms with E-state index in [1.54, 1.807) is 6.92 Å². The van der Waals surface area contributed by atoms with Crippen LogP contribution in [0.2, 0.25) is 0 Å². The quantitative estimate of drug-likeness (QED) is 0.903. The Bertz CT molecular complexity index is 865. The summed E-state index contributed by atoms with van der Waals surface area (Å²) in [6.07, 6.45) is 2.70. The lowest BCUT2D eigenvalue weighted by Crippen LogP contribution is -2.34. The first-order valence-corrected chi connectivity index (χ1v) is 9.64. The number of nitrogens with one attached hydrogen (secondary N) is 1. The van der Waals surface area contributed by atoms with Crippen molar-refractivity contribution in [1.82, 2.24) is 20.0 Å². The van der Waals surface area contributed by atoms with E-state index in [0.29, 0.717) is 13.1 Å². The van der Waals surface area contributed by atoms with Gasteiger partial charge in [-0.2, -0.15) is 5.10 Å². The van der Waals surface area contributed by atoms with E-state index >= 15 is 0 Å². The van der Waals surface area contributed by atoms with Gasteiger partial charge in [0.1, 0.15) is 0 Å². The fourth-order valence-corrected chi connectivity index (χ4v) is 3.86. The highest BCUT2D eigenvalue weighted by Gasteiger charge is 2.51. The summed E-state index contributed by atoms with van der Waals surface area (Å²) in [6.45, 7) is 6.24. The van der Waals surface area contributed by atoms with Crippen LogP contribution in [0.15, 0.2) is 30.3 Å². The molecule has 1 fully saturated rings. The molecule has 1 saturated carbocycles. The zero-order chi connectivity index (χ0) is 19.0. The van der Waals surface area contributed by atoms with Gasteiger partial charge in [-0.1, -0.05) is 29.8 Å². The first kappa shape index (κ1) is 17.8. The number of carbonyl (C=O) groups excluding carboxylic acids is 2. The molecule has 6 nitrogen and oxygen atoms in total. The molecule has 0 bridgehead atoms. The maximum atomic E-state index is 12.8. The number of nitrogens with zero attached hydrogens (tertiary/aromatic N) is 3. The molecule has 142 valence electrons. The molecule has 1 aliphatic carbocycles. The number of rotatable bonds is 4. The van der Waals surface area contributed by atoms with E-state index in [2.05, 4.69) is 41.6 Å². The van der Waals surface area contributed by atoms with Crippen molar-refractivity contribution in [1.29, 1.82) is 0 Å². The molecule has 0 spiro atoms. The van der Waals surface area contributed by atoms with Crippen molar-refractivity contribution in [3.05, 3.63) is 52.8 Å². The molecule has 4 rings (SSSR count). The second-order valence-corrected chi connectivity index (χ2v) is 7.78. The fourth-order valence-electron chi connectivity index (χ4n) is 3.86. The van der Waals surface area contributed by atoms with Crippen molar-refractivity contribution in [2.75, 3.05) is 6.54 Å². The Morgan fingerprint density at radius 2 is 1.93 bits per heavy atom. The highest BCUT2D eigenvalue weighted by molar-refractivity contribution is 5.91. The summed E-state index contributed by atoms with van der Waals surface area (Å²) >= 11 is 0. The van der Waals surface area contributed by atoms with E-state index in [1.165, 1.54) is 5.56 Å². The van der Waals surface area contributed by atoms with Gasteiger partial charge >= 0.3 is 0 Å². The second kappa shape index (κ2) is 6.83. The van der Waals surface area contributed by atoms with Crippen LogP contribution in [0.3, 0.4) is 0 Å². The number of hydrogen-bond acceptors (Lipinski definition) is 3. The smallest absolute Gasteiger partial charge is 0.230 e. The molecule has 2 aromatic rings. The van der Waals surface area contributed by atoms with Crippen LogP contribution in [-0.4, -0.2) is 33.0 Å². The van der Waals surface area contributed by atoms with E-state index < -0.39 is 0 Å². The highest BCUT2D eigenvalue weighted by atomic mass is 16.2. The normalized spacial score (nSPS) is 17.8. The van der Waals surface area contributed by atoms with Crippen LogP contribution in [0.4, 0.5) is 0 Å². The molecule has 2 heterocycles. The van der Waals surface area contributed by atoms with Crippen molar-refractivity contribution < 1.29 is 9.59 Å². The molecule has 27 heavy (non-hydrogen) atoms. The molecule has 1 aliphatic heterocycles. The predicted octanol–water partition coefficient (Wildman–Crippen LogP) is 2.29. The Kier molecular flexibility index (Phi) is 4.50. The summed E-state index contributed by atoms with van der Waals surface area (Å²) in [7, 11) is 0. The molecule has 2 aliphatic rings. The van der Waals surface area contributed by atoms with Gasteiger partial charge < -0.3 is 10.2 Å². The van der Waals surface area contributed by atoms with Crippen LogP contribution in [0, 0.1) is 6.92 Å². The third-order valence-electron chi connectivity index (χ3n) is 5.73. The lowest BCUT2D eigenvalue weighted by atomic mass is 9.94. The molecule has 1 N–H and O–H groups in total. The minimum Gasteiger partial charge on any atom is -0.350 e. The molecule has 0 radical (unpaired) electrons. The first-order chi connectivity index (χ1) is 13.0. The standard InChI is InChI=1S/C21H26N4O2/c1-15-4-6-17(7-5-15)21(8-9-21)20(27)22-13-18-12-19-14-24(16(2)26)10-3-11-25(19)23-18/h4-7,12H,3,8-11,13-14H2,1-2H3,(H,22,27). The third kappa shape index (κ3) is 3.48. The van der Waals surface area contributed by atoms with Crippen LogP contribution in [0.25, 0.3) is 0 Å². The molecule has 1 aromatic heterocycles. The largest absolute Gasteiger partial charge is 0.350 e. The van der Waals surface area contributed by atoms with Crippen LogP contribution in [0.1, 0.15) is 48.7 Å². The van der Waals surface area contributed by atoms with E-state index in [4.69, 9.17) is 0 Å². The summed E-state index contributed by atoms with van der Waals surface area (Å²) in [5.74, 6) is 0.174. The Morgan fingerprint density at radius 3 is 2.59 bits per heavy atom. The molecule has 2 amide bonds. The fraction of sp³-hybridized carbons (Fsp3) is 0.476. The minimum atomic E-state index is -0.365. The van der Waals surface area contributed by atoms with Gasteiger partial charge in [0.2, 0.25) is 11.8 Å². The number of benzene rings is 1. The van der Waals surface area contributed by atoms with Crippen molar-refractivity contribution in [2.45, 2.75) is 58.2 Å². The summed E-state index contributed by atoms with van der Waals surface area (Å²) in [5, 5.41) is 7.71. The average Bonchev–Trinajstić information content (AvgIpc) is 3.40. The van der Waals surface area contributed by atoms with Crippen LogP contribution in [0.5, 0.6) is 0 Å². The maximum absolute atomic E-state index is 12.8. The zero-order valence-electron chi connectivity index (χ0n) is 16.0. The molecule has 0 atom stereocenters. The number of hydrogen-bond donors (Lipinski definition) is 1. The highest BCUT2D eigenvalue weighted by Crippen LogP contribution is 2.48. The average molecular weight is 366 g/mol. The molecule has 0 unspecified atom stereocenters. The Hall–Kier alpha value is -2.63. The Labute approximate surface area is 159 Å². The molecule has 0 saturated heterocycles. The van der Waals surface area contributed by atoms with Gasteiger partial charge in [-0.15, -0.1) is 0 Å². The number of amides is 2. The maximum Gasteiger partial charge on any atom is 0.230 e. The lowest BCUT2D eigenvalue weighted by molar-refractivity contribution is -0.129. The lowest BCUT2D eigenvalue weighted by Gasteiger charge is -2.17. The summed E-state index contributed by atoms with van der Waals surface area (Å²) < 4.78 is 1.97. The van der Waals surface area contributed by atoms with Crippen LogP contribution >= 0.6 is 0 Å². The summed E-state index contributed by atoms with van der Waals surface area (Å²) in [5.41, 5.74) is 3.82. The monoisotopic (exact) mass is 366 g/mol. The van der Waals surface area contributed by atoms with Gasteiger partial charge in [-0.05, 0) is 37.8 Å². The summed E-state index contributed by atoms with van der Waals surface area (Å²) in [6, 6.07) is 10.3. The number of fused-ring (bicyclic) bond motifs is 1.